The number of methoxy groups -OCH3 is 2. The molecule has 0 aliphatic heterocycles. The quantitative estimate of drug-likeness (QED) is 0.284. The lowest BCUT2D eigenvalue weighted by atomic mass is 9.95. The number of hydrogen-bond acceptors (Lipinski definition) is 4. The van der Waals surface area contributed by atoms with Crippen molar-refractivity contribution in [3.05, 3.63) is 107 Å². The molecule has 0 saturated carbocycles. The molecule has 5 rings (SSSR count). The number of fused-ring (bicyclic) bond motifs is 3. The molecule has 0 spiro atoms. The predicted octanol–water partition coefficient (Wildman–Crippen LogP) is 6.86. The zero-order valence-corrected chi connectivity index (χ0v) is 20.9. The lowest BCUT2D eigenvalue weighted by molar-refractivity contribution is 0.0546. The molecule has 182 valence electrons. The minimum absolute atomic E-state index is 0.160. The molecule has 3 aromatic carbocycles. The van der Waals surface area contributed by atoms with E-state index < -0.39 is 11.9 Å². The first-order valence-corrected chi connectivity index (χ1v) is 12.2. The maximum absolute atomic E-state index is 13.2. The van der Waals surface area contributed by atoms with E-state index in [1.807, 2.05) is 53.2 Å². The molecule has 2 unspecified atom stereocenters. The first-order chi connectivity index (χ1) is 17.5. The van der Waals surface area contributed by atoms with E-state index in [4.69, 9.17) is 9.47 Å². The molecule has 1 aliphatic carbocycles. The van der Waals surface area contributed by atoms with Crippen LogP contribution in [0.2, 0.25) is 0 Å². The summed E-state index contributed by atoms with van der Waals surface area (Å²) in [6.07, 6.45) is 2.61. The SMILES string of the molecule is CCC(c1ccccc1)n1cc(-c2ccc3c(c2)-c2ccccc2C3C)c(C(=O)OC)c1C(=O)OC. The van der Waals surface area contributed by atoms with Crippen molar-refractivity contribution < 1.29 is 19.1 Å². The van der Waals surface area contributed by atoms with Crippen molar-refractivity contribution in [2.45, 2.75) is 32.2 Å². The van der Waals surface area contributed by atoms with Crippen LogP contribution >= 0.6 is 0 Å². The van der Waals surface area contributed by atoms with Gasteiger partial charge in [0.05, 0.1) is 20.3 Å². The zero-order chi connectivity index (χ0) is 25.4. The van der Waals surface area contributed by atoms with Gasteiger partial charge in [0.2, 0.25) is 0 Å². The van der Waals surface area contributed by atoms with Gasteiger partial charge >= 0.3 is 11.9 Å². The van der Waals surface area contributed by atoms with E-state index in [0.717, 1.165) is 23.1 Å². The fourth-order valence-corrected chi connectivity index (χ4v) is 5.49. The molecule has 0 N–H and O–H groups in total. The molecule has 4 aromatic rings. The topological polar surface area (TPSA) is 57.5 Å². The third-order valence-corrected chi connectivity index (χ3v) is 7.26. The summed E-state index contributed by atoms with van der Waals surface area (Å²) in [5.74, 6) is -0.847. The smallest absolute Gasteiger partial charge is 0.355 e. The van der Waals surface area contributed by atoms with Gasteiger partial charge in [-0.15, -0.1) is 0 Å². The molecule has 36 heavy (non-hydrogen) atoms. The number of ether oxygens (including phenoxy) is 2. The summed E-state index contributed by atoms with van der Waals surface area (Å²) in [6, 6.07) is 24.5. The van der Waals surface area contributed by atoms with Crippen LogP contribution in [0.15, 0.2) is 79.0 Å². The Hall–Kier alpha value is -4.12. The van der Waals surface area contributed by atoms with Crippen molar-refractivity contribution in [3.63, 3.8) is 0 Å². The maximum Gasteiger partial charge on any atom is 0.355 e. The van der Waals surface area contributed by atoms with Gasteiger partial charge in [-0.2, -0.15) is 0 Å². The van der Waals surface area contributed by atoms with Gasteiger partial charge in [-0.3, -0.25) is 0 Å². The van der Waals surface area contributed by atoms with Crippen LogP contribution in [0.1, 0.15) is 69.8 Å². The van der Waals surface area contributed by atoms with E-state index >= 15 is 0 Å². The highest BCUT2D eigenvalue weighted by molar-refractivity contribution is 6.08. The summed E-state index contributed by atoms with van der Waals surface area (Å²) >= 11 is 0. The van der Waals surface area contributed by atoms with Crippen LogP contribution in [0, 0.1) is 0 Å². The largest absolute Gasteiger partial charge is 0.465 e. The third-order valence-electron chi connectivity index (χ3n) is 7.26. The molecule has 0 radical (unpaired) electrons. The average molecular weight is 480 g/mol. The van der Waals surface area contributed by atoms with Crippen molar-refractivity contribution in [3.8, 4) is 22.3 Å². The van der Waals surface area contributed by atoms with Crippen LogP contribution in [-0.4, -0.2) is 30.7 Å². The molecule has 5 heteroatoms. The van der Waals surface area contributed by atoms with Gasteiger partial charge in [0, 0.05) is 17.7 Å². The third kappa shape index (κ3) is 3.72. The van der Waals surface area contributed by atoms with Crippen LogP contribution < -0.4 is 0 Å². The second-order valence-corrected chi connectivity index (χ2v) is 9.10. The Morgan fingerprint density at radius 1 is 0.833 bits per heavy atom. The molecular weight excluding hydrogens is 450 g/mol. The zero-order valence-electron chi connectivity index (χ0n) is 20.9. The highest BCUT2D eigenvalue weighted by Crippen LogP contribution is 2.46. The van der Waals surface area contributed by atoms with Crippen molar-refractivity contribution in [1.82, 2.24) is 4.57 Å². The van der Waals surface area contributed by atoms with Gasteiger partial charge in [0.1, 0.15) is 11.3 Å². The number of carbonyl (C=O) groups excluding carboxylic acids is 2. The second-order valence-electron chi connectivity index (χ2n) is 9.10. The van der Waals surface area contributed by atoms with Crippen molar-refractivity contribution in [2.24, 2.45) is 0 Å². The summed E-state index contributed by atoms with van der Waals surface area (Å²) in [4.78, 5) is 26.3. The molecule has 0 saturated heterocycles. The average Bonchev–Trinajstić information content (AvgIpc) is 3.45. The number of esters is 2. The standard InChI is InChI=1S/C31H29NO4/c1-5-27(20-11-7-6-8-12-20)32-18-26(28(30(33)35-3)29(32)31(34)36-4)21-15-16-23-19(2)22-13-9-10-14-24(22)25(23)17-21/h6-19,27H,5H2,1-4H3. The van der Waals surface area contributed by atoms with E-state index in [2.05, 4.69) is 44.2 Å². The number of aromatic nitrogens is 1. The van der Waals surface area contributed by atoms with E-state index in [-0.39, 0.29) is 17.3 Å². The van der Waals surface area contributed by atoms with Gasteiger partial charge in [-0.25, -0.2) is 9.59 Å². The lowest BCUT2D eigenvalue weighted by Crippen LogP contribution is -2.19. The molecule has 1 heterocycles. The predicted molar refractivity (Wildman–Crippen MR) is 140 cm³/mol. The summed E-state index contributed by atoms with van der Waals surface area (Å²) in [6.45, 7) is 4.27. The Balaban J connectivity index is 1.76. The summed E-state index contributed by atoms with van der Waals surface area (Å²) in [5.41, 5.74) is 7.85. The maximum atomic E-state index is 13.2. The second kappa shape index (κ2) is 9.50. The molecule has 5 nitrogen and oxygen atoms in total. The number of nitrogens with zero attached hydrogens (tertiary/aromatic N) is 1. The first-order valence-electron chi connectivity index (χ1n) is 12.2. The van der Waals surface area contributed by atoms with Crippen molar-refractivity contribution in [1.29, 1.82) is 0 Å². The van der Waals surface area contributed by atoms with Crippen LogP contribution in [0.3, 0.4) is 0 Å². The fraction of sp³-hybridized carbons (Fsp3) is 0.226. The fourth-order valence-electron chi connectivity index (χ4n) is 5.49. The normalized spacial score (nSPS) is 14.6. The molecular formula is C31H29NO4. The van der Waals surface area contributed by atoms with Crippen LogP contribution in [0.5, 0.6) is 0 Å². The van der Waals surface area contributed by atoms with Crippen LogP contribution in [-0.2, 0) is 9.47 Å². The Morgan fingerprint density at radius 2 is 1.50 bits per heavy atom. The molecule has 1 aliphatic rings. The highest BCUT2D eigenvalue weighted by atomic mass is 16.5. The van der Waals surface area contributed by atoms with E-state index in [1.165, 1.54) is 30.9 Å². The molecule has 0 amide bonds. The van der Waals surface area contributed by atoms with Crippen molar-refractivity contribution in [2.75, 3.05) is 14.2 Å². The minimum Gasteiger partial charge on any atom is -0.465 e. The number of benzene rings is 3. The summed E-state index contributed by atoms with van der Waals surface area (Å²) in [7, 11) is 2.66. The number of hydrogen-bond donors (Lipinski definition) is 0. The van der Waals surface area contributed by atoms with Gasteiger partial charge in [-0.05, 0) is 45.9 Å². The van der Waals surface area contributed by atoms with E-state index in [9.17, 15) is 9.59 Å². The minimum atomic E-state index is -0.573. The highest BCUT2D eigenvalue weighted by Gasteiger charge is 2.32. The van der Waals surface area contributed by atoms with Gasteiger partial charge < -0.3 is 14.0 Å². The Morgan fingerprint density at radius 3 is 2.19 bits per heavy atom. The Kier molecular flexibility index (Phi) is 6.23. The van der Waals surface area contributed by atoms with E-state index in [0.29, 0.717) is 11.5 Å². The Bertz CT molecular complexity index is 1450. The Labute approximate surface area is 211 Å². The molecule has 2 atom stereocenters. The summed E-state index contributed by atoms with van der Waals surface area (Å²) in [5, 5.41) is 0. The van der Waals surface area contributed by atoms with Crippen molar-refractivity contribution >= 4 is 11.9 Å². The van der Waals surface area contributed by atoms with Gasteiger partial charge in [0.25, 0.3) is 0 Å². The summed E-state index contributed by atoms with van der Waals surface area (Å²) < 4.78 is 12.2. The first kappa shape index (κ1) is 23.6. The molecule has 1 aromatic heterocycles. The monoisotopic (exact) mass is 479 g/mol. The lowest BCUT2D eigenvalue weighted by Gasteiger charge is -2.20. The van der Waals surface area contributed by atoms with Gasteiger partial charge in [0.15, 0.2) is 0 Å². The van der Waals surface area contributed by atoms with E-state index in [1.54, 1.807) is 0 Å². The molecule has 0 fully saturated rings. The van der Waals surface area contributed by atoms with Gasteiger partial charge in [-0.1, -0.05) is 80.6 Å². The number of rotatable bonds is 6. The van der Waals surface area contributed by atoms with Crippen LogP contribution in [0.25, 0.3) is 22.3 Å². The molecule has 0 bridgehead atoms. The van der Waals surface area contributed by atoms with Crippen LogP contribution in [0.4, 0.5) is 0 Å². The number of carbonyl (C=O) groups is 2.